The molecule has 1 aromatic heterocycles. The molecule has 30 heavy (non-hydrogen) atoms. The first kappa shape index (κ1) is 21.7. The third-order valence-electron chi connectivity index (χ3n) is 5.42. The van der Waals surface area contributed by atoms with Gasteiger partial charge in [-0.1, -0.05) is 26.8 Å². The van der Waals surface area contributed by atoms with Gasteiger partial charge >= 0.3 is 0 Å². The number of nitrogens with zero attached hydrogens (tertiary/aromatic N) is 2. The summed E-state index contributed by atoms with van der Waals surface area (Å²) in [6.45, 7) is 10.3. The molecule has 0 aliphatic carbocycles. The molecule has 3 rings (SSSR count). The van der Waals surface area contributed by atoms with Gasteiger partial charge in [-0.05, 0) is 42.2 Å². The standard InChI is InChI=1S/C23H31N3O4/c1-16(24-18-15-17(23(2,3)4)8-9-19(18)29-5)21(27)25-10-12-26(13-11-25)22(28)20-7-6-14-30-20/h6-9,14-16,24H,10-13H2,1-5H3. The van der Waals surface area contributed by atoms with Crippen LogP contribution in [0.2, 0.25) is 0 Å². The number of hydrogen-bond donors (Lipinski definition) is 1. The van der Waals surface area contributed by atoms with Gasteiger partial charge in [0.2, 0.25) is 5.91 Å². The molecule has 2 amide bonds. The van der Waals surface area contributed by atoms with E-state index in [1.54, 1.807) is 29.0 Å². The molecule has 1 aromatic carbocycles. The van der Waals surface area contributed by atoms with Crippen LogP contribution in [-0.4, -0.2) is 60.9 Å². The Hall–Kier alpha value is -2.96. The zero-order chi connectivity index (χ0) is 21.9. The number of benzene rings is 1. The van der Waals surface area contributed by atoms with Crippen molar-refractivity contribution in [3.05, 3.63) is 47.9 Å². The molecule has 1 unspecified atom stereocenters. The Kier molecular flexibility index (Phi) is 6.39. The molecule has 2 heterocycles. The van der Waals surface area contributed by atoms with Crippen molar-refractivity contribution in [2.75, 3.05) is 38.6 Å². The van der Waals surface area contributed by atoms with Gasteiger partial charge in [0.15, 0.2) is 5.76 Å². The summed E-state index contributed by atoms with van der Waals surface area (Å²) < 4.78 is 10.7. The fourth-order valence-electron chi connectivity index (χ4n) is 3.54. The van der Waals surface area contributed by atoms with Crippen LogP contribution in [0.4, 0.5) is 5.69 Å². The van der Waals surface area contributed by atoms with Gasteiger partial charge in [-0.25, -0.2) is 0 Å². The third-order valence-corrected chi connectivity index (χ3v) is 5.42. The number of piperazine rings is 1. The molecular weight excluding hydrogens is 382 g/mol. The van der Waals surface area contributed by atoms with Crippen LogP contribution in [0.1, 0.15) is 43.8 Å². The SMILES string of the molecule is COc1ccc(C(C)(C)C)cc1NC(C)C(=O)N1CCN(C(=O)c2ccco2)CC1. The van der Waals surface area contributed by atoms with Gasteiger partial charge in [0.25, 0.3) is 5.91 Å². The monoisotopic (exact) mass is 413 g/mol. The molecule has 0 radical (unpaired) electrons. The molecule has 7 nitrogen and oxygen atoms in total. The minimum Gasteiger partial charge on any atom is -0.495 e. The molecular formula is C23H31N3O4. The van der Waals surface area contributed by atoms with E-state index < -0.39 is 6.04 Å². The molecule has 0 spiro atoms. The number of hydrogen-bond acceptors (Lipinski definition) is 5. The molecule has 1 atom stereocenters. The lowest BCUT2D eigenvalue weighted by molar-refractivity contribution is -0.133. The Balaban J connectivity index is 1.62. The van der Waals surface area contributed by atoms with E-state index in [1.165, 1.54) is 6.26 Å². The Morgan fingerprint density at radius 1 is 1.10 bits per heavy atom. The minimum absolute atomic E-state index is 0.00307. The summed E-state index contributed by atoms with van der Waals surface area (Å²) in [6.07, 6.45) is 1.49. The van der Waals surface area contributed by atoms with Crippen molar-refractivity contribution in [2.24, 2.45) is 0 Å². The van der Waals surface area contributed by atoms with E-state index in [0.29, 0.717) is 37.7 Å². The van der Waals surface area contributed by atoms with Gasteiger partial charge in [0.1, 0.15) is 11.8 Å². The van der Waals surface area contributed by atoms with Crippen molar-refractivity contribution in [1.82, 2.24) is 9.80 Å². The van der Waals surface area contributed by atoms with E-state index >= 15 is 0 Å². The highest BCUT2D eigenvalue weighted by Crippen LogP contribution is 2.32. The van der Waals surface area contributed by atoms with Crippen molar-refractivity contribution in [2.45, 2.75) is 39.2 Å². The first-order valence-corrected chi connectivity index (χ1v) is 10.3. The molecule has 162 valence electrons. The number of anilines is 1. The molecule has 1 aliphatic heterocycles. The quantitative estimate of drug-likeness (QED) is 0.813. The second-order valence-electron chi connectivity index (χ2n) is 8.63. The Bertz CT molecular complexity index is 878. The van der Waals surface area contributed by atoms with Gasteiger partial charge in [-0.15, -0.1) is 0 Å². The van der Waals surface area contributed by atoms with E-state index in [9.17, 15) is 9.59 Å². The molecule has 7 heteroatoms. The summed E-state index contributed by atoms with van der Waals surface area (Å²) in [7, 11) is 1.62. The number of amides is 2. The van der Waals surface area contributed by atoms with Gasteiger partial charge in [-0.2, -0.15) is 0 Å². The van der Waals surface area contributed by atoms with Crippen LogP contribution in [-0.2, 0) is 10.2 Å². The molecule has 0 bridgehead atoms. The van der Waals surface area contributed by atoms with Crippen LogP contribution >= 0.6 is 0 Å². The maximum Gasteiger partial charge on any atom is 0.289 e. The van der Waals surface area contributed by atoms with E-state index in [-0.39, 0.29) is 17.2 Å². The summed E-state index contributed by atoms with van der Waals surface area (Å²) in [6, 6.07) is 8.96. The number of nitrogens with one attached hydrogen (secondary N) is 1. The Labute approximate surface area is 178 Å². The van der Waals surface area contributed by atoms with Gasteiger partial charge in [0, 0.05) is 26.2 Å². The lowest BCUT2D eigenvalue weighted by Gasteiger charge is -2.36. The highest BCUT2D eigenvalue weighted by molar-refractivity contribution is 5.92. The topological polar surface area (TPSA) is 75.0 Å². The number of methoxy groups -OCH3 is 1. The lowest BCUT2D eigenvalue weighted by Crippen LogP contribution is -2.53. The fourth-order valence-corrected chi connectivity index (χ4v) is 3.54. The van der Waals surface area contributed by atoms with E-state index in [2.05, 4.69) is 26.1 Å². The smallest absolute Gasteiger partial charge is 0.289 e. The van der Waals surface area contributed by atoms with Crippen LogP contribution in [0.15, 0.2) is 41.0 Å². The number of rotatable bonds is 5. The summed E-state index contributed by atoms with van der Waals surface area (Å²) >= 11 is 0. The predicted molar refractivity (Wildman–Crippen MR) is 116 cm³/mol. The molecule has 1 fully saturated rings. The second-order valence-corrected chi connectivity index (χ2v) is 8.63. The largest absolute Gasteiger partial charge is 0.495 e. The molecule has 1 saturated heterocycles. The zero-order valence-corrected chi connectivity index (χ0v) is 18.4. The normalized spacial score (nSPS) is 15.6. The summed E-state index contributed by atoms with van der Waals surface area (Å²) in [5.41, 5.74) is 1.96. The van der Waals surface area contributed by atoms with Gasteiger partial charge in [0.05, 0.1) is 19.1 Å². The maximum absolute atomic E-state index is 13.0. The van der Waals surface area contributed by atoms with Crippen molar-refractivity contribution >= 4 is 17.5 Å². The van der Waals surface area contributed by atoms with Crippen molar-refractivity contribution in [3.63, 3.8) is 0 Å². The van der Waals surface area contributed by atoms with Crippen molar-refractivity contribution in [3.8, 4) is 5.75 Å². The highest BCUT2D eigenvalue weighted by atomic mass is 16.5. The Morgan fingerprint density at radius 3 is 2.33 bits per heavy atom. The first-order chi connectivity index (χ1) is 14.2. The average molecular weight is 414 g/mol. The van der Waals surface area contributed by atoms with Crippen LogP contribution in [0, 0.1) is 0 Å². The van der Waals surface area contributed by atoms with Crippen molar-refractivity contribution < 1.29 is 18.7 Å². The van der Waals surface area contributed by atoms with Gasteiger partial charge < -0.3 is 24.3 Å². The minimum atomic E-state index is -0.415. The van der Waals surface area contributed by atoms with E-state index in [0.717, 1.165) is 11.3 Å². The highest BCUT2D eigenvalue weighted by Gasteiger charge is 2.28. The summed E-state index contributed by atoms with van der Waals surface area (Å²) in [5, 5.41) is 3.32. The van der Waals surface area contributed by atoms with Crippen LogP contribution in [0.5, 0.6) is 5.75 Å². The summed E-state index contributed by atoms with van der Waals surface area (Å²) in [4.78, 5) is 28.9. The van der Waals surface area contributed by atoms with Crippen LogP contribution in [0.25, 0.3) is 0 Å². The number of carbonyl (C=O) groups is 2. The first-order valence-electron chi connectivity index (χ1n) is 10.3. The predicted octanol–water partition coefficient (Wildman–Crippen LogP) is 3.37. The lowest BCUT2D eigenvalue weighted by atomic mass is 9.86. The molecule has 1 aliphatic rings. The molecule has 0 saturated carbocycles. The second kappa shape index (κ2) is 8.81. The fraction of sp³-hybridized carbons (Fsp3) is 0.478. The Morgan fingerprint density at radius 2 is 1.77 bits per heavy atom. The van der Waals surface area contributed by atoms with Crippen LogP contribution in [0.3, 0.4) is 0 Å². The van der Waals surface area contributed by atoms with Crippen LogP contribution < -0.4 is 10.1 Å². The molecule has 1 N–H and O–H groups in total. The van der Waals surface area contributed by atoms with Gasteiger partial charge in [-0.3, -0.25) is 9.59 Å². The summed E-state index contributed by atoms with van der Waals surface area (Å²) in [5.74, 6) is 0.900. The maximum atomic E-state index is 13.0. The molecule has 2 aromatic rings. The number of furan rings is 1. The van der Waals surface area contributed by atoms with E-state index in [4.69, 9.17) is 9.15 Å². The zero-order valence-electron chi connectivity index (χ0n) is 18.4. The third kappa shape index (κ3) is 4.78. The van der Waals surface area contributed by atoms with Crippen molar-refractivity contribution in [1.29, 1.82) is 0 Å². The number of ether oxygens (including phenoxy) is 1. The van der Waals surface area contributed by atoms with E-state index in [1.807, 2.05) is 25.1 Å². The average Bonchev–Trinajstić information content (AvgIpc) is 3.27. The number of carbonyl (C=O) groups excluding carboxylic acids is 2.